The van der Waals surface area contributed by atoms with Crippen LogP contribution in [0.25, 0.3) is 0 Å². The van der Waals surface area contributed by atoms with Crippen molar-refractivity contribution in [2.24, 2.45) is 0 Å². The van der Waals surface area contributed by atoms with Crippen molar-refractivity contribution in [2.45, 2.75) is 52.2 Å². The summed E-state index contributed by atoms with van der Waals surface area (Å²) in [6.45, 7) is 5.67. The summed E-state index contributed by atoms with van der Waals surface area (Å²) in [5, 5.41) is 3.03. The summed E-state index contributed by atoms with van der Waals surface area (Å²) >= 11 is 0. The summed E-state index contributed by atoms with van der Waals surface area (Å²) < 4.78 is 44.7. The first-order chi connectivity index (χ1) is 21.1. The third kappa shape index (κ3) is 8.22. The standard InChI is InChI=1S/C33H41N3O7S/c1-5-24(3)34-33(38)29(20-25-11-8-7-9-12-25)35(22-26-13-10-14-28(19-26)41-4)32(37)23-36(44(39,40)6-2)27-15-16-30-31(21-27)43-18-17-42-30/h7-16,19,21,24,29H,5-6,17-18,20,22-23H2,1-4H3,(H,34,38)/t24-,29+/m1/s1. The molecule has 236 valence electrons. The van der Waals surface area contributed by atoms with Gasteiger partial charge < -0.3 is 24.4 Å². The molecule has 0 fully saturated rings. The Morgan fingerprint density at radius 2 is 1.64 bits per heavy atom. The molecule has 1 N–H and O–H groups in total. The van der Waals surface area contributed by atoms with Gasteiger partial charge in [-0.25, -0.2) is 8.42 Å². The molecule has 0 unspecified atom stereocenters. The molecule has 0 radical (unpaired) electrons. The maximum atomic E-state index is 14.4. The highest BCUT2D eigenvalue weighted by molar-refractivity contribution is 7.92. The summed E-state index contributed by atoms with van der Waals surface area (Å²) in [4.78, 5) is 29.7. The van der Waals surface area contributed by atoms with Crippen LogP contribution in [-0.2, 0) is 32.6 Å². The van der Waals surface area contributed by atoms with Crippen LogP contribution in [0.3, 0.4) is 0 Å². The zero-order valence-electron chi connectivity index (χ0n) is 25.7. The first-order valence-corrected chi connectivity index (χ1v) is 16.4. The average Bonchev–Trinajstić information content (AvgIpc) is 3.05. The van der Waals surface area contributed by atoms with Gasteiger partial charge in [0.15, 0.2) is 11.5 Å². The minimum Gasteiger partial charge on any atom is -0.497 e. The van der Waals surface area contributed by atoms with Gasteiger partial charge in [0.1, 0.15) is 31.5 Å². The third-order valence-electron chi connectivity index (χ3n) is 7.55. The molecule has 44 heavy (non-hydrogen) atoms. The number of hydrogen-bond donors (Lipinski definition) is 1. The van der Waals surface area contributed by atoms with E-state index < -0.39 is 28.5 Å². The maximum absolute atomic E-state index is 14.4. The molecular formula is C33H41N3O7S. The monoisotopic (exact) mass is 623 g/mol. The van der Waals surface area contributed by atoms with Crippen LogP contribution in [0, 0.1) is 0 Å². The lowest BCUT2D eigenvalue weighted by atomic mass is 10.0. The number of rotatable bonds is 14. The highest BCUT2D eigenvalue weighted by Crippen LogP contribution is 2.35. The van der Waals surface area contributed by atoms with Gasteiger partial charge in [0.2, 0.25) is 21.8 Å². The molecule has 3 aromatic rings. The van der Waals surface area contributed by atoms with Crippen molar-refractivity contribution in [2.75, 3.05) is 36.9 Å². The van der Waals surface area contributed by atoms with Crippen LogP contribution in [0.1, 0.15) is 38.3 Å². The quantitative estimate of drug-likeness (QED) is 0.287. The smallest absolute Gasteiger partial charge is 0.244 e. The minimum atomic E-state index is -3.91. The van der Waals surface area contributed by atoms with Gasteiger partial charge in [-0.2, -0.15) is 0 Å². The van der Waals surface area contributed by atoms with Gasteiger partial charge in [-0.1, -0.05) is 49.4 Å². The Morgan fingerprint density at radius 3 is 2.32 bits per heavy atom. The summed E-state index contributed by atoms with van der Waals surface area (Å²) in [5.41, 5.74) is 1.87. The number of nitrogens with zero attached hydrogens (tertiary/aromatic N) is 2. The van der Waals surface area contributed by atoms with E-state index >= 15 is 0 Å². The molecule has 1 heterocycles. The molecule has 4 rings (SSSR count). The van der Waals surface area contributed by atoms with Crippen molar-refractivity contribution >= 4 is 27.5 Å². The number of carbonyl (C=O) groups is 2. The summed E-state index contributed by atoms with van der Waals surface area (Å²) in [7, 11) is -2.35. The van der Waals surface area contributed by atoms with Crippen molar-refractivity contribution in [1.29, 1.82) is 0 Å². The number of benzene rings is 3. The maximum Gasteiger partial charge on any atom is 0.244 e. The normalized spacial score (nSPS) is 13.8. The van der Waals surface area contributed by atoms with Crippen LogP contribution in [0.15, 0.2) is 72.8 Å². The lowest BCUT2D eigenvalue weighted by molar-refractivity contribution is -0.140. The zero-order valence-corrected chi connectivity index (χ0v) is 26.5. The Labute approximate surface area is 260 Å². The van der Waals surface area contributed by atoms with E-state index in [0.29, 0.717) is 36.9 Å². The molecule has 0 spiro atoms. The van der Waals surface area contributed by atoms with E-state index in [0.717, 1.165) is 15.4 Å². The number of carbonyl (C=O) groups excluding carboxylic acids is 2. The Hall–Kier alpha value is -4.25. The molecule has 0 bridgehead atoms. The number of anilines is 1. The fourth-order valence-electron chi connectivity index (χ4n) is 4.87. The lowest BCUT2D eigenvalue weighted by Crippen LogP contribution is -2.54. The van der Waals surface area contributed by atoms with Gasteiger partial charge in [-0.05, 0) is 55.7 Å². The number of ether oxygens (including phenoxy) is 3. The van der Waals surface area contributed by atoms with Crippen LogP contribution in [-0.4, -0.2) is 69.8 Å². The van der Waals surface area contributed by atoms with E-state index in [1.807, 2.05) is 56.3 Å². The van der Waals surface area contributed by atoms with E-state index in [9.17, 15) is 18.0 Å². The van der Waals surface area contributed by atoms with Crippen molar-refractivity contribution < 1.29 is 32.2 Å². The van der Waals surface area contributed by atoms with E-state index in [4.69, 9.17) is 14.2 Å². The van der Waals surface area contributed by atoms with Crippen LogP contribution < -0.4 is 23.8 Å². The molecule has 0 saturated carbocycles. The molecule has 1 aliphatic heterocycles. The van der Waals surface area contributed by atoms with E-state index in [-0.39, 0.29) is 36.4 Å². The molecule has 1 aliphatic rings. The Bertz CT molecular complexity index is 1530. The van der Waals surface area contributed by atoms with Gasteiger partial charge in [0.05, 0.1) is 18.6 Å². The average molecular weight is 624 g/mol. The number of fused-ring (bicyclic) bond motifs is 1. The van der Waals surface area contributed by atoms with Crippen LogP contribution in [0.2, 0.25) is 0 Å². The summed E-state index contributed by atoms with van der Waals surface area (Å²) in [6.07, 6.45) is 0.948. The fraction of sp³-hybridized carbons (Fsp3) is 0.394. The molecule has 2 atom stereocenters. The van der Waals surface area contributed by atoms with Crippen LogP contribution in [0.4, 0.5) is 5.69 Å². The first kappa shape index (κ1) is 32.7. The highest BCUT2D eigenvalue weighted by atomic mass is 32.2. The van der Waals surface area contributed by atoms with E-state index in [2.05, 4.69) is 5.32 Å². The Kier molecular flexibility index (Phi) is 11.1. The van der Waals surface area contributed by atoms with Crippen LogP contribution in [0.5, 0.6) is 17.2 Å². The lowest BCUT2D eigenvalue weighted by Gasteiger charge is -2.34. The van der Waals surface area contributed by atoms with Crippen molar-refractivity contribution in [1.82, 2.24) is 10.2 Å². The number of nitrogens with one attached hydrogen (secondary N) is 1. The third-order valence-corrected chi connectivity index (χ3v) is 9.29. The zero-order chi connectivity index (χ0) is 31.7. The molecule has 10 nitrogen and oxygen atoms in total. The Balaban J connectivity index is 1.76. The molecular weight excluding hydrogens is 582 g/mol. The molecule has 0 aromatic heterocycles. The topological polar surface area (TPSA) is 114 Å². The number of hydrogen-bond acceptors (Lipinski definition) is 7. The predicted octanol–water partition coefficient (Wildman–Crippen LogP) is 4.18. The molecule has 0 aliphatic carbocycles. The van der Waals surface area contributed by atoms with Gasteiger partial charge in [-0.15, -0.1) is 0 Å². The Morgan fingerprint density at radius 1 is 0.932 bits per heavy atom. The summed E-state index contributed by atoms with van der Waals surface area (Å²) in [6, 6.07) is 20.5. The van der Waals surface area contributed by atoms with Crippen molar-refractivity contribution in [3.8, 4) is 17.2 Å². The number of sulfonamides is 1. The van der Waals surface area contributed by atoms with Crippen molar-refractivity contribution in [3.05, 3.63) is 83.9 Å². The predicted molar refractivity (Wildman–Crippen MR) is 170 cm³/mol. The van der Waals surface area contributed by atoms with Gasteiger partial charge >= 0.3 is 0 Å². The largest absolute Gasteiger partial charge is 0.497 e. The molecule has 11 heteroatoms. The highest BCUT2D eigenvalue weighted by Gasteiger charge is 2.34. The second-order valence-corrected chi connectivity index (χ2v) is 12.8. The molecule has 2 amide bonds. The minimum absolute atomic E-state index is 0.0581. The first-order valence-electron chi connectivity index (χ1n) is 14.8. The van der Waals surface area contributed by atoms with Crippen molar-refractivity contribution in [3.63, 3.8) is 0 Å². The number of amides is 2. The number of methoxy groups -OCH3 is 1. The molecule has 0 saturated heterocycles. The van der Waals surface area contributed by atoms with Gasteiger partial charge in [0, 0.05) is 25.1 Å². The summed E-state index contributed by atoms with van der Waals surface area (Å²) in [5.74, 6) is 0.436. The second-order valence-electron chi connectivity index (χ2n) is 10.6. The molecule has 3 aromatic carbocycles. The van der Waals surface area contributed by atoms with E-state index in [1.165, 1.54) is 11.8 Å². The van der Waals surface area contributed by atoms with Crippen LogP contribution >= 0.6 is 0 Å². The second kappa shape index (κ2) is 15.0. The van der Waals surface area contributed by atoms with Gasteiger partial charge in [0.25, 0.3) is 0 Å². The van der Waals surface area contributed by atoms with E-state index in [1.54, 1.807) is 37.4 Å². The SMILES string of the molecule is CC[C@@H](C)NC(=O)[C@H](Cc1ccccc1)N(Cc1cccc(OC)c1)C(=O)CN(c1ccc2c(c1)OCCO2)S(=O)(=O)CC. The van der Waals surface area contributed by atoms with Gasteiger partial charge in [-0.3, -0.25) is 13.9 Å². The fourth-order valence-corrected chi connectivity index (χ4v) is 5.92.